The molecule has 1 rings (SSSR count). The maximum absolute atomic E-state index is 11.5. The highest BCUT2D eigenvalue weighted by Crippen LogP contribution is 2.22. The lowest BCUT2D eigenvalue weighted by atomic mass is 10.2. The molecule has 0 bridgehead atoms. The van der Waals surface area contributed by atoms with Gasteiger partial charge in [-0.25, -0.2) is 4.79 Å². The summed E-state index contributed by atoms with van der Waals surface area (Å²) in [5.41, 5.74) is 0.740. The van der Waals surface area contributed by atoms with E-state index in [9.17, 15) is 9.59 Å². The van der Waals surface area contributed by atoms with Crippen LogP contribution in [0.25, 0.3) is 0 Å². The highest BCUT2D eigenvalue weighted by molar-refractivity contribution is 6.42. The molecule has 6 heteroatoms. The fourth-order valence-electron chi connectivity index (χ4n) is 1.50. The van der Waals surface area contributed by atoms with Crippen molar-refractivity contribution < 1.29 is 14.3 Å². The van der Waals surface area contributed by atoms with Crippen molar-refractivity contribution in [1.29, 1.82) is 0 Å². The summed E-state index contributed by atoms with van der Waals surface area (Å²) in [7, 11) is 0. The zero-order valence-corrected chi connectivity index (χ0v) is 12.2. The number of amides is 1. The van der Waals surface area contributed by atoms with Crippen molar-refractivity contribution in [3.8, 4) is 0 Å². The summed E-state index contributed by atoms with van der Waals surface area (Å²) in [6, 6.07) is 4.74. The second-order valence-corrected chi connectivity index (χ2v) is 5.09. The number of ketones is 1. The maximum atomic E-state index is 11.5. The van der Waals surface area contributed by atoms with Gasteiger partial charge in [0.15, 0.2) is 0 Å². The largest absolute Gasteiger partial charge is 0.445 e. The predicted octanol–water partition coefficient (Wildman–Crippen LogP) is 3.59. The van der Waals surface area contributed by atoms with Crippen LogP contribution in [-0.4, -0.2) is 17.9 Å². The average Bonchev–Trinajstić information content (AvgIpc) is 2.29. The van der Waals surface area contributed by atoms with Gasteiger partial charge in [-0.15, -0.1) is 0 Å². The molecule has 0 saturated heterocycles. The topological polar surface area (TPSA) is 55.4 Å². The Hall–Kier alpha value is -1.26. The lowest BCUT2D eigenvalue weighted by Crippen LogP contribution is -2.34. The predicted molar refractivity (Wildman–Crippen MR) is 74.5 cm³/mol. The molecule has 1 unspecified atom stereocenters. The van der Waals surface area contributed by atoms with Crippen molar-refractivity contribution in [2.75, 3.05) is 0 Å². The lowest BCUT2D eigenvalue weighted by Gasteiger charge is -2.12. The Morgan fingerprint density at radius 3 is 2.58 bits per heavy atom. The molecule has 1 amide bonds. The second-order valence-electron chi connectivity index (χ2n) is 4.28. The van der Waals surface area contributed by atoms with Gasteiger partial charge in [-0.2, -0.15) is 0 Å². The van der Waals surface area contributed by atoms with Crippen LogP contribution in [0.1, 0.15) is 25.8 Å². The van der Waals surface area contributed by atoms with Crippen LogP contribution >= 0.6 is 23.2 Å². The van der Waals surface area contributed by atoms with Gasteiger partial charge in [0.05, 0.1) is 10.0 Å². The standard InChI is InChI=1S/C13H15Cl2NO3/c1-8(5-9(2)17)16-13(18)19-7-10-3-4-11(14)12(15)6-10/h3-4,6,8H,5,7H2,1-2H3,(H,16,18). The molecule has 1 atom stereocenters. The van der Waals surface area contributed by atoms with Gasteiger partial charge in [-0.3, -0.25) is 4.79 Å². The van der Waals surface area contributed by atoms with E-state index in [0.29, 0.717) is 10.0 Å². The molecule has 0 heterocycles. The van der Waals surface area contributed by atoms with Crippen LogP contribution < -0.4 is 5.32 Å². The summed E-state index contributed by atoms with van der Waals surface area (Å²) in [6.45, 7) is 3.30. The highest BCUT2D eigenvalue weighted by Gasteiger charge is 2.10. The summed E-state index contributed by atoms with van der Waals surface area (Å²) >= 11 is 11.6. The van der Waals surface area contributed by atoms with Crippen LogP contribution in [0.5, 0.6) is 0 Å². The molecule has 0 fully saturated rings. The van der Waals surface area contributed by atoms with Crippen LogP contribution in [0, 0.1) is 0 Å². The molecule has 19 heavy (non-hydrogen) atoms. The first-order valence-electron chi connectivity index (χ1n) is 5.75. The van der Waals surface area contributed by atoms with E-state index < -0.39 is 6.09 Å². The highest BCUT2D eigenvalue weighted by atomic mass is 35.5. The molecule has 0 spiro atoms. The molecule has 0 aliphatic heterocycles. The van der Waals surface area contributed by atoms with E-state index >= 15 is 0 Å². The number of alkyl carbamates (subject to hydrolysis) is 1. The van der Waals surface area contributed by atoms with E-state index in [-0.39, 0.29) is 24.9 Å². The quantitative estimate of drug-likeness (QED) is 0.904. The Morgan fingerprint density at radius 1 is 1.32 bits per heavy atom. The lowest BCUT2D eigenvalue weighted by molar-refractivity contribution is -0.117. The molecule has 1 aromatic rings. The summed E-state index contributed by atoms with van der Waals surface area (Å²) in [5.74, 6) is 0.0114. The van der Waals surface area contributed by atoms with Crippen molar-refractivity contribution in [2.45, 2.75) is 32.9 Å². The van der Waals surface area contributed by atoms with Gasteiger partial charge in [0.25, 0.3) is 0 Å². The molecule has 104 valence electrons. The molecule has 4 nitrogen and oxygen atoms in total. The van der Waals surface area contributed by atoms with Crippen molar-refractivity contribution in [3.05, 3.63) is 33.8 Å². The van der Waals surface area contributed by atoms with E-state index in [1.54, 1.807) is 25.1 Å². The van der Waals surface area contributed by atoms with Crippen LogP contribution in [0.4, 0.5) is 4.79 Å². The fourth-order valence-corrected chi connectivity index (χ4v) is 1.82. The number of ether oxygens (including phenoxy) is 1. The van der Waals surface area contributed by atoms with Crippen LogP contribution in [0.15, 0.2) is 18.2 Å². The molecule has 0 aliphatic carbocycles. The maximum Gasteiger partial charge on any atom is 0.407 e. The van der Waals surface area contributed by atoms with E-state index in [0.717, 1.165) is 5.56 Å². The molecular weight excluding hydrogens is 289 g/mol. The van der Waals surface area contributed by atoms with Gasteiger partial charge in [0.1, 0.15) is 12.4 Å². The molecule has 0 aliphatic rings. The number of hydrogen-bond acceptors (Lipinski definition) is 3. The van der Waals surface area contributed by atoms with Gasteiger partial charge in [-0.05, 0) is 31.5 Å². The number of Topliss-reactive ketones (excluding diaryl/α,β-unsaturated/α-hetero) is 1. The van der Waals surface area contributed by atoms with Gasteiger partial charge in [0.2, 0.25) is 0 Å². The first kappa shape index (κ1) is 15.8. The Kier molecular flexibility index (Phi) is 6.12. The molecular formula is C13H15Cl2NO3. The molecule has 0 radical (unpaired) electrons. The van der Waals surface area contributed by atoms with Gasteiger partial charge in [0, 0.05) is 12.5 Å². The van der Waals surface area contributed by atoms with Crippen molar-refractivity contribution >= 4 is 35.1 Å². The monoisotopic (exact) mass is 303 g/mol. The third-order valence-corrected chi connectivity index (χ3v) is 3.05. The average molecular weight is 304 g/mol. The number of nitrogens with one attached hydrogen (secondary N) is 1. The van der Waals surface area contributed by atoms with Crippen molar-refractivity contribution in [1.82, 2.24) is 5.32 Å². The molecule has 1 N–H and O–H groups in total. The second kappa shape index (κ2) is 7.36. The van der Waals surface area contributed by atoms with Crippen molar-refractivity contribution in [2.24, 2.45) is 0 Å². The van der Waals surface area contributed by atoms with Gasteiger partial charge in [-0.1, -0.05) is 29.3 Å². The zero-order valence-electron chi connectivity index (χ0n) is 10.7. The van der Waals surface area contributed by atoms with Gasteiger partial charge < -0.3 is 10.1 Å². The normalized spacial score (nSPS) is 11.8. The number of benzene rings is 1. The van der Waals surface area contributed by atoms with Crippen molar-refractivity contribution in [3.63, 3.8) is 0 Å². The Bertz CT molecular complexity index is 477. The molecule has 0 aromatic heterocycles. The number of halogens is 2. The third kappa shape index (κ3) is 5.94. The van der Waals surface area contributed by atoms with E-state index in [2.05, 4.69) is 5.32 Å². The molecule has 0 saturated carbocycles. The number of rotatable bonds is 5. The summed E-state index contributed by atoms with van der Waals surface area (Å²) in [4.78, 5) is 22.3. The number of carbonyl (C=O) groups is 2. The van der Waals surface area contributed by atoms with E-state index in [4.69, 9.17) is 27.9 Å². The summed E-state index contributed by atoms with van der Waals surface area (Å²) in [5, 5.41) is 3.43. The number of carbonyl (C=O) groups excluding carboxylic acids is 2. The minimum Gasteiger partial charge on any atom is -0.445 e. The van der Waals surface area contributed by atoms with Gasteiger partial charge >= 0.3 is 6.09 Å². The van der Waals surface area contributed by atoms with Crippen LogP contribution in [0.2, 0.25) is 10.0 Å². The Labute approximate surface area is 122 Å². The Morgan fingerprint density at radius 2 is 2.00 bits per heavy atom. The number of hydrogen-bond donors (Lipinski definition) is 1. The van der Waals surface area contributed by atoms with Crippen LogP contribution in [0.3, 0.4) is 0 Å². The van der Waals surface area contributed by atoms with E-state index in [1.807, 2.05) is 0 Å². The third-order valence-electron chi connectivity index (χ3n) is 2.31. The summed E-state index contributed by atoms with van der Waals surface area (Å²) < 4.78 is 5.01. The fraction of sp³-hybridized carbons (Fsp3) is 0.385. The minimum atomic E-state index is -0.570. The smallest absolute Gasteiger partial charge is 0.407 e. The minimum absolute atomic E-state index is 0.0114. The summed E-state index contributed by atoms with van der Waals surface area (Å²) in [6.07, 6.45) is -0.290. The first-order chi connectivity index (χ1) is 8.88. The Balaban J connectivity index is 2.41. The molecule has 1 aromatic carbocycles. The first-order valence-corrected chi connectivity index (χ1v) is 6.50. The SMILES string of the molecule is CC(=O)CC(C)NC(=O)OCc1ccc(Cl)c(Cl)c1. The van der Waals surface area contributed by atoms with Crippen LogP contribution in [-0.2, 0) is 16.1 Å². The zero-order chi connectivity index (χ0) is 14.4. The van der Waals surface area contributed by atoms with E-state index in [1.165, 1.54) is 6.92 Å².